The number of primary amides is 2. The van der Waals surface area contributed by atoms with Gasteiger partial charge in [0.05, 0.1) is 0 Å². The summed E-state index contributed by atoms with van der Waals surface area (Å²) in [5, 5.41) is 0. The molecule has 1 aliphatic carbocycles. The molecule has 2 amide bonds. The van der Waals surface area contributed by atoms with Gasteiger partial charge in [-0.1, -0.05) is 0 Å². The maximum atomic E-state index is 10.4. The smallest absolute Gasteiger partial charge is 0.217 e. The fourth-order valence-corrected chi connectivity index (χ4v) is 1.33. The molecule has 0 saturated heterocycles. The molecule has 62 valence electrons. The van der Waals surface area contributed by atoms with Gasteiger partial charge in [-0.25, -0.2) is 0 Å². The first-order valence-electron chi connectivity index (χ1n) is 3.66. The summed E-state index contributed by atoms with van der Waals surface area (Å²) in [6.07, 6.45) is 1.72. The lowest BCUT2D eigenvalue weighted by molar-refractivity contribution is -0.120. The number of carbonyl (C=O) groups is 2. The van der Waals surface area contributed by atoms with Crippen molar-refractivity contribution in [3.8, 4) is 0 Å². The average Bonchev–Trinajstić information content (AvgIpc) is 2.43. The summed E-state index contributed by atoms with van der Waals surface area (Å²) in [7, 11) is 0. The monoisotopic (exact) mass is 156 g/mol. The lowest BCUT2D eigenvalue weighted by Crippen LogP contribution is -2.14. The van der Waals surface area contributed by atoms with Crippen molar-refractivity contribution in [1.82, 2.24) is 0 Å². The molecule has 11 heavy (non-hydrogen) atoms. The van der Waals surface area contributed by atoms with Crippen LogP contribution in [0, 0.1) is 11.8 Å². The zero-order valence-corrected chi connectivity index (χ0v) is 6.25. The molecule has 0 spiro atoms. The van der Waals surface area contributed by atoms with Gasteiger partial charge >= 0.3 is 0 Å². The lowest BCUT2D eigenvalue weighted by atomic mass is 10.2. The zero-order chi connectivity index (χ0) is 8.43. The molecule has 0 aliphatic heterocycles. The minimum absolute atomic E-state index is 0.290. The van der Waals surface area contributed by atoms with Gasteiger partial charge in [0, 0.05) is 12.8 Å². The van der Waals surface area contributed by atoms with E-state index >= 15 is 0 Å². The van der Waals surface area contributed by atoms with Gasteiger partial charge in [0.25, 0.3) is 0 Å². The van der Waals surface area contributed by atoms with E-state index in [0.29, 0.717) is 24.7 Å². The Labute approximate surface area is 64.9 Å². The Morgan fingerprint density at radius 3 is 1.73 bits per heavy atom. The van der Waals surface area contributed by atoms with Crippen molar-refractivity contribution in [3.05, 3.63) is 0 Å². The maximum absolute atomic E-state index is 10.4. The first kappa shape index (κ1) is 8.04. The number of hydrogen-bond donors (Lipinski definition) is 2. The summed E-state index contributed by atoms with van der Waals surface area (Å²) in [6.45, 7) is 0. The first-order valence-corrected chi connectivity index (χ1v) is 3.66. The quantitative estimate of drug-likeness (QED) is 0.568. The van der Waals surface area contributed by atoms with Gasteiger partial charge < -0.3 is 11.5 Å². The van der Waals surface area contributed by atoms with Crippen molar-refractivity contribution in [2.24, 2.45) is 23.3 Å². The highest BCUT2D eigenvalue weighted by molar-refractivity contribution is 5.76. The Morgan fingerprint density at radius 1 is 1.09 bits per heavy atom. The Morgan fingerprint density at radius 2 is 1.45 bits per heavy atom. The van der Waals surface area contributed by atoms with Gasteiger partial charge in [-0.2, -0.15) is 0 Å². The molecule has 1 fully saturated rings. The van der Waals surface area contributed by atoms with E-state index in [4.69, 9.17) is 11.5 Å². The minimum atomic E-state index is -0.290. The van der Waals surface area contributed by atoms with Gasteiger partial charge in [0.1, 0.15) is 0 Å². The van der Waals surface area contributed by atoms with Gasteiger partial charge in [0.2, 0.25) is 11.8 Å². The average molecular weight is 156 g/mol. The largest absolute Gasteiger partial charge is 0.370 e. The van der Waals surface area contributed by atoms with Crippen LogP contribution in [0.15, 0.2) is 0 Å². The molecule has 4 nitrogen and oxygen atoms in total. The Hall–Kier alpha value is -1.06. The van der Waals surface area contributed by atoms with E-state index in [1.807, 2.05) is 0 Å². The Bertz CT molecular complexity index is 171. The molecule has 0 heterocycles. The third-order valence-corrected chi connectivity index (χ3v) is 2.00. The van der Waals surface area contributed by atoms with E-state index < -0.39 is 0 Å². The van der Waals surface area contributed by atoms with Crippen LogP contribution in [-0.4, -0.2) is 11.8 Å². The molecule has 0 aromatic heterocycles. The predicted octanol–water partition coefficient (Wildman–Crippen LogP) is -0.627. The van der Waals surface area contributed by atoms with Crippen molar-refractivity contribution in [2.75, 3.05) is 0 Å². The van der Waals surface area contributed by atoms with E-state index in [0.717, 1.165) is 6.42 Å². The van der Waals surface area contributed by atoms with Crippen LogP contribution < -0.4 is 11.5 Å². The van der Waals surface area contributed by atoms with Crippen LogP contribution in [0.3, 0.4) is 0 Å². The van der Waals surface area contributed by atoms with Crippen molar-refractivity contribution in [1.29, 1.82) is 0 Å². The number of amides is 2. The highest BCUT2D eigenvalue weighted by atomic mass is 16.1. The first-order chi connectivity index (χ1) is 5.09. The third kappa shape index (κ3) is 2.57. The Balaban J connectivity index is 2.16. The third-order valence-electron chi connectivity index (χ3n) is 2.00. The van der Waals surface area contributed by atoms with E-state index in [1.165, 1.54) is 0 Å². The summed E-state index contributed by atoms with van der Waals surface area (Å²) in [5.74, 6) is 0.0592. The number of carbonyl (C=O) groups excluding carboxylic acids is 2. The van der Waals surface area contributed by atoms with Gasteiger partial charge in [0.15, 0.2) is 0 Å². The predicted molar refractivity (Wildman–Crippen MR) is 39.2 cm³/mol. The molecular weight excluding hydrogens is 144 g/mol. The summed E-state index contributed by atoms with van der Waals surface area (Å²) in [4.78, 5) is 20.8. The van der Waals surface area contributed by atoms with E-state index in [9.17, 15) is 9.59 Å². The van der Waals surface area contributed by atoms with E-state index in [1.54, 1.807) is 0 Å². The van der Waals surface area contributed by atoms with Gasteiger partial charge in [-0.05, 0) is 18.3 Å². The standard InChI is InChI=1S/C7H12N2O2/c8-6(10)2-4-1-5(4)3-7(9)11/h4-5H,1-3H2,(H2,8,10)(H2,9,11). The number of hydrogen-bond acceptors (Lipinski definition) is 2. The van der Waals surface area contributed by atoms with Gasteiger partial charge in [-0.15, -0.1) is 0 Å². The molecule has 1 aliphatic rings. The van der Waals surface area contributed by atoms with Crippen LogP contribution in [0.5, 0.6) is 0 Å². The molecule has 4 heteroatoms. The molecule has 1 rings (SSSR count). The SMILES string of the molecule is NC(=O)CC1CC1CC(N)=O. The number of rotatable bonds is 4. The van der Waals surface area contributed by atoms with Crippen LogP contribution in [-0.2, 0) is 9.59 Å². The van der Waals surface area contributed by atoms with E-state index in [-0.39, 0.29) is 11.8 Å². The molecule has 1 saturated carbocycles. The van der Waals surface area contributed by atoms with Gasteiger partial charge in [-0.3, -0.25) is 9.59 Å². The van der Waals surface area contributed by atoms with Crippen LogP contribution in [0.4, 0.5) is 0 Å². The van der Waals surface area contributed by atoms with Crippen molar-refractivity contribution >= 4 is 11.8 Å². The van der Waals surface area contributed by atoms with E-state index in [2.05, 4.69) is 0 Å². The molecule has 4 N–H and O–H groups in total. The lowest BCUT2D eigenvalue weighted by Gasteiger charge is -1.92. The highest BCUT2D eigenvalue weighted by Gasteiger charge is 2.38. The van der Waals surface area contributed by atoms with Crippen molar-refractivity contribution < 1.29 is 9.59 Å². The zero-order valence-electron chi connectivity index (χ0n) is 6.25. The van der Waals surface area contributed by atoms with Crippen LogP contribution in [0.1, 0.15) is 19.3 Å². The van der Waals surface area contributed by atoms with Crippen molar-refractivity contribution in [2.45, 2.75) is 19.3 Å². The molecular formula is C7H12N2O2. The minimum Gasteiger partial charge on any atom is -0.370 e. The normalized spacial score (nSPS) is 28.0. The maximum Gasteiger partial charge on any atom is 0.217 e. The molecule has 0 radical (unpaired) electrons. The molecule has 0 aromatic carbocycles. The second-order valence-electron chi connectivity index (χ2n) is 3.10. The summed E-state index contributed by atoms with van der Waals surface area (Å²) in [6, 6.07) is 0. The summed E-state index contributed by atoms with van der Waals surface area (Å²) < 4.78 is 0. The number of nitrogens with two attached hydrogens (primary N) is 2. The summed E-state index contributed by atoms with van der Waals surface area (Å²) in [5.41, 5.74) is 9.94. The van der Waals surface area contributed by atoms with Crippen LogP contribution >= 0.6 is 0 Å². The highest BCUT2D eigenvalue weighted by Crippen LogP contribution is 2.43. The molecule has 2 atom stereocenters. The van der Waals surface area contributed by atoms with Crippen LogP contribution in [0.25, 0.3) is 0 Å². The summed E-state index contributed by atoms with van der Waals surface area (Å²) >= 11 is 0. The molecule has 0 bridgehead atoms. The fourth-order valence-electron chi connectivity index (χ4n) is 1.33. The molecule has 0 aromatic rings. The van der Waals surface area contributed by atoms with Crippen LogP contribution in [0.2, 0.25) is 0 Å². The second kappa shape index (κ2) is 2.90. The molecule has 2 unspecified atom stereocenters. The topological polar surface area (TPSA) is 86.2 Å². The second-order valence-corrected chi connectivity index (χ2v) is 3.10. The Kier molecular flexibility index (Phi) is 2.12. The fraction of sp³-hybridized carbons (Fsp3) is 0.714. The van der Waals surface area contributed by atoms with Crippen molar-refractivity contribution in [3.63, 3.8) is 0 Å².